The van der Waals surface area contributed by atoms with Crippen molar-refractivity contribution in [2.24, 2.45) is 29.2 Å². The van der Waals surface area contributed by atoms with Crippen molar-refractivity contribution in [2.75, 3.05) is 0 Å². The van der Waals surface area contributed by atoms with Crippen LogP contribution in [0.1, 0.15) is 54.4 Å². The summed E-state index contributed by atoms with van der Waals surface area (Å²) >= 11 is 0. The molecule has 0 heterocycles. The Labute approximate surface area is 183 Å². The molecule has 0 saturated heterocycles. The molecule has 11 heteroatoms. The zero-order valence-corrected chi connectivity index (χ0v) is 19.1. The van der Waals surface area contributed by atoms with Crippen LogP contribution in [0.4, 0.5) is 0 Å². The fourth-order valence-electron chi connectivity index (χ4n) is 2.69. The number of carboxylic acid groups (broad SMARTS) is 1. The molecule has 4 amide bonds. The standard InChI is InChI=1S/C20H37N5O6/c1-7-11(6)16(25-17(27)14(22)9(2)3)19(29)24-15(10(4)5)18(28)23-12(20(30)31)8-13(21)26/h9-12,14-16H,7-8,22H2,1-6H3,(H2,21,26)(H,23,28)(H,24,29)(H,25,27)(H,30,31). The van der Waals surface area contributed by atoms with E-state index in [1.165, 1.54) is 0 Å². The maximum atomic E-state index is 13.0. The van der Waals surface area contributed by atoms with Gasteiger partial charge in [-0.3, -0.25) is 19.2 Å². The first-order valence-corrected chi connectivity index (χ1v) is 10.4. The number of aliphatic carboxylic acids is 1. The smallest absolute Gasteiger partial charge is 0.326 e. The molecular weight excluding hydrogens is 406 g/mol. The Balaban J connectivity index is 5.51. The lowest BCUT2D eigenvalue weighted by atomic mass is 9.95. The highest BCUT2D eigenvalue weighted by atomic mass is 16.4. The van der Waals surface area contributed by atoms with Crippen LogP contribution in [0.2, 0.25) is 0 Å². The molecule has 5 unspecified atom stereocenters. The summed E-state index contributed by atoms with van der Waals surface area (Å²) < 4.78 is 0. The molecule has 0 spiro atoms. The van der Waals surface area contributed by atoms with Crippen molar-refractivity contribution >= 4 is 29.6 Å². The summed E-state index contributed by atoms with van der Waals surface area (Å²) in [4.78, 5) is 60.4. The van der Waals surface area contributed by atoms with Crippen molar-refractivity contribution < 1.29 is 29.1 Å². The van der Waals surface area contributed by atoms with E-state index in [0.717, 1.165) is 0 Å². The summed E-state index contributed by atoms with van der Waals surface area (Å²) in [5.74, 6) is -4.94. The van der Waals surface area contributed by atoms with E-state index in [-0.39, 0.29) is 11.8 Å². The van der Waals surface area contributed by atoms with E-state index in [1.807, 2.05) is 6.92 Å². The normalized spacial score (nSPS) is 16.0. The van der Waals surface area contributed by atoms with Gasteiger partial charge in [0.2, 0.25) is 23.6 Å². The van der Waals surface area contributed by atoms with Crippen molar-refractivity contribution in [1.82, 2.24) is 16.0 Å². The highest BCUT2D eigenvalue weighted by molar-refractivity contribution is 5.95. The molecule has 0 aromatic rings. The van der Waals surface area contributed by atoms with E-state index < -0.39 is 66.1 Å². The number of nitrogens with one attached hydrogen (secondary N) is 3. The molecule has 0 radical (unpaired) electrons. The van der Waals surface area contributed by atoms with Crippen LogP contribution in [-0.2, 0) is 24.0 Å². The third-order valence-corrected chi connectivity index (χ3v) is 5.08. The molecule has 0 aromatic carbocycles. The minimum absolute atomic E-state index is 0.131. The van der Waals surface area contributed by atoms with E-state index in [0.29, 0.717) is 6.42 Å². The van der Waals surface area contributed by atoms with Gasteiger partial charge in [-0.05, 0) is 17.8 Å². The number of carbonyl (C=O) groups is 5. The van der Waals surface area contributed by atoms with Crippen LogP contribution in [0.25, 0.3) is 0 Å². The summed E-state index contributed by atoms with van der Waals surface area (Å²) in [5, 5.41) is 16.7. The SMILES string of the molecule is CCC(C)C(NC(=O)C(N)C(C)C)C(=O)NC(C(=O)NC(CC(N)=O)C(=O)O)C(C)C. The van der Waals surface area contributed by atoms with Crippen molar-refractivity contribution in [3.05, 3.63) is 0 Å². The first-order valence-electron chi connectivity index (χ1n) is 10.4. The predicted molar refractivity (Wildman–Crippen MR) is 114 cm³/mol. The third-order valence-electron chi connectivity index (χ3n) is 5.08. The average molecular weight is 444 g/mol. The van der Waals surface area contributed by atoms with Gasteiger partial charge in [-0.15, -0.1) is 0 Å². The van der Waals surface area contributed by atoms with Crippen LogP contribution in [-0.4, -0.2) is 58.9 Å². The highest BCUT2D eigenvalue weighted by Crippen LogP contribution is 2.11. The molecule has 0 rings (SSSR count). The number of hydrogen-bond acceptors (Lipinski definition) is 6. The Morgan fingerprint density at radius 3 is 1.68 bits per heavy atom. The molecule has 178 valence electrons. The van der Waals surface area contributed by atoms with Gasteiger partial charge in [0.1, 0.15) is 18.1 Å². The van der Waals surface area contributed by atoms with E-state index in [4.69, 9.17) is 11.5 Å². The Morgan fingerprint density at radius 1 is 0.806 bits per heavy atom. The Hall–Kier alpha value is -2.69. The minimum atomic E-state index is -1.52. The zero-order valence-electron chi connectivity index (χ0n) is 19.1. The first kappa shape index (κ1) is 28.3. The van der Waals surface area contributed by atoms with Gasteiger partial charge >= 0.3 is 5.97 Å². The van der Waals surface area contributed by atoms with Gasteiger partial charge in [0.25, 0.3) is 0 Å². The summed E-state index contributed by atoms with van der Waals surface area (Å²) in [5.41, 5.74) is 10.9. The van der Waals surface area contributed by atoms with E-state index in [1.54, 1.807) is 34.6 Å². The topological polar surface area (TPSA) is 194 Å². The maximum Gasteiger partial charge on any atom is 0.326 e. The molecule has 0 aliphatic heterocycles. The molecule has 5 atom stereocenters. The molecule has 31 heavy (non-hydrogen) atoms. The van der Waals surface area contributed by atoms with Gasteiger partial charge in [-0.25, -0.2) is 4.79 Å². The molecular formula is C20H37N5O6. The Bertz CT molecular complexity index is 666. The number of amides is 4. The number of primary amides is 1. The number of carbonyl (C=O) groups excluding carboxylic acids is 4. The summed E-state index contributed by atoms with van der Waals surface area (Å²) in [7, 11) is 0. The molecule has 0 aromatic heterocycles. The largest absolute Gasteiger partial charge is 0.480 e. The summed E-state index contributed by atoms with van der Waals surface area (Å²) in [6.07, 6.45) is -0.00793. The fourth-order valence-corrected chi connectivity index (χ4v) is 2.69. The van der Waals surface area contributed by atoms with E-state index >= 15 is 0 Å². The fraction of sp³-hybridized carbons (Fsp3) is 0.750. The summed E-state index contributed by atoms with van der Waals surface area (Å²) in [6.45, 7) is 10.5. The second kappa shape index (κ2) is 12.9. The number of carboxylic acids is 1. The number of hydrogen-bond donors (Lipinski definition) is 6. The van der Waals surface area contributed by atoms with Crippen molar-refractivity contribution in [3.8, 4) is 0 Å². The van der Waals surface area contributed by atoms with Crippen LogP contribution in [0.15, 0.2) is 0 Å². The van der Waals surface area contributed by atoms with E-state index in [9.17, 15) is 29.1 Å². The molecule has 0 saturated carbocycles. The van der Waals surface area contributed by atoms with Crippen molar-refractivity contribution in [1.29, 1.82) is 0 Å². The second-order valence-corrected chi connectivity index (χ2v) is 8.44. The van der Waals surface area contributed by atoms with Crippen LogP contribution in [0.3, 0.4) is 0 Å². The monoisotopic (exact) mass is 443 g/mol. The minimum Gasteiger partial charge on any atom is -0.480 e. The van der Waals surface area contributed by atoms with E-state index in [2.05, 4.69) is 16.0 Å². The summed E-state index contributed by atoms with van der Waals surface area (Å²) in [6, 6.07) is -4.34. The lowest BCUT2D eigenvalue weighted by Crippen LogP contribution is -2.60. The quantitative estimate of drug-likeness (QED) is 0.212. The van der Waals surface area contributed by atoms with Gasteiger partial charge in [-0.2, -0.15) is 0 Å². The van der Waals surface area contributed by atoms with Gasteiger partial charge in [0.05, 0.1) is 12.5 Å². The van der Waals surface area contributed by atoms with Crippen LogP contribution < -0.4 is 27.4 Å². The lowest BCUT2D eigenvalue weighted by Gasteiger charge is -2.29. The van der Waals surface area contributed by atoms with Crippen molar-refractivity contribution in [2.45, 2.75) is 78.6 Å². The first-order chi connectivity index (χ1) is 14.2. The third kappa shape index (κ3) is 9.33. The molecule has 0 aliphatic rings. The molecule has 8 N–H and O–H groups in total. The molecule has 0 aliphatic carbocycles. The number of nitrogens with two attached hydrogens (primary N) is 2. The molecule has 0 bridgehead atoms. The van der Waals surface area contributed by atoms with Gasteiger partial charge < -0.3 is 32.5 Å². The number of rotatable bonds is 13. The second-order valence-electron chi connectivity index (χ2n) is 8.44. The predicted octanol–water partition coefficient (Wildman–Crippen LogP) is -0.914. The van der Waals surface area contributed by atoms with Gasteiger partial charge in [0, 0.05) is 0 Å². The van der Waals surface area contributed by atoms with Crippen LogP contribution in [0.5, 0.6) is 0 Å². The van der Waals surface area contributed by atoms with Crippen LogP contribution in [0, 0.1) is 17.8 Å². The average Bonchev–Trinajstić information content (AvgIpc) is 2.66. The highest BCUT2D eigenvalue weighted by Gasteiger charge is 2.34. The molecule has 0 fully saturated rings. The molecule has 11 nitrogen and oxygen atoms in total. The Kier molecular flexibility index (Phi) is 11.8. The van der Waals surface area contributed by atoms with Gasteiger partial charge in [0.15, 0.2) is 0 Å². The maximum absolute atomic E-state index is 13.0. The van der Waals surface area contributed by atoms with Gasteiger partial charge in [-0.1, -0.05) is 48.0 Å². The van der Waals surface area contributed by atoms with Crippen LogP contribution >= 0.6 is 0 Å². The van der Waals surface area contributed by atoms with Crippen molar-refractivity contribution in [3.63, 3.8) is 0 Å². The Morgan fingerprint density at radius 2 is 1.29 bits per heavy atom. The zero-order chi connectivity index (χ0) is 24.5. The lowest BCUT2D eigenvalue weighted by molar-refractivity contribution is -0.144.